The van der Waals surface area contributed by atoms with Crippen LogP contribution < -0.4 is 0 Å². The summed E-state index contributed by atoms with van der Waals surface area (Å²) >= 11 is 3.69. The minimum Gasteiger partial charge on any atom is -0.0807 e. The van der Waals surface area contributed by atoms with Crippen LogP contribution in [0.5, 0.6) is 0 Å². The summed E-state index contributed by atoms with van der Waals surface area (Å²) in [5.41, 5.74) is 8.53. The van der Waals surface area contributed by atoms with Crippen LogP contribution in [0.2, 0.25) is 0 Å². The second kappa shape index (κ2) is 7.43. The molecule has 6 unspecified atom stereocenters. The molecule has 0 amide bonds. The maximum atomic E-state index is 3.69. The lowest BCUT2D eigenvalue weighted by Gasteiger charge is -2.47. The van der Waals surface area contributed by atoms with Gasteiger partial charge in [-0.3, -0.25) is 0 Å². The summed E-state index contributed by atoms with van der Waals surface area (Å²) in [6.07, 6.45) is 26.3. The number of hydrogen-bond acceptors (Lipinski definition) is 0. The quantitative estimate of drug-likeness (QED) is 0.340. The SMILES string of the molecule is CC1(C)c2cc(Br)ccc2-c2ccc(C3=CC4C=CC5C=CC=CC5C4C4C=CC=CC34)cc21. The molecule has 7 rings (SSSR count). The van der Waals surface area contributed by atoms with E-state index in [0.29, 0.717) is 35.5 Å². The van der Waals surface area contributed by atoms with Gasteiger partial charge in [-0.2, -0.15) is 0 Å². The fraction of sp³-hybridized carbons (Fsp3) is 0.273. The fourth-order valence-electron chi connectivity index (χ4n) is 7.34. The van der Waals surface area contributed by atoms with E-state index in [0.717, 1.165) is 4.47 Å². The van der Waals surface area contributed by atoms with Crippen LogP contribution in [0, 0.1) is 35.5 Å². The van der Waals surface area contributed by atoms with Gasteiger partial charge in [0.2, 0.25) is 0 Å². The molecule has 0 bridgehead atoms. The topological polar surface area (TPSA) is 0 Å². The first-order chi connectivity index (χ1) is 16.5. The second-order valence-corrected chi connectivity index (χ2v) is 11.9. The van der Waals surface area contributed by atoms with E-state index in [2.05, 4.69) is 133 Å². The van der Waals surface area contributed by atoms with Gasteiger partial charge >= 0.3 is 0 Å². The van der Waals surface area contributed by atoms with E-state index >= 15 is 0 Å². The Labute approximate surface area is 211 Å². The van der Waals surface area contributed by atoms with Gasteiger partial charge in [-0.1, -0.05) is 115 Å². The van der Waals surface area contributed by atoms with E-state index in [4.69, 9.17) is 0 Å². The number of halogens is 1. The van der Waals surface area contributed by atoms with Crippen LogP contribution >= 0.6 is 15.9 Å². The second-order valence-electron chi connectivity index (χ2n) is 11.0. The largest absolute Gasteiger partial charge is 0.0807 e. The Balaban J connectivity index is 1.35. The molecule has 5 aliphatic rings. The monoisotopic (exact) mass is 504 g/mol. The van der Waals surface area contributed by atoms with Crippen LogP contribution in [0.1, 0.15) is 30.5 Å². The molecular formula is C33H29Br. The maximum absolute atomic E-state index is 3.69. The highest BCUT2D eigenvalue weighted by atomic mass is 79.9. The van der Waals surface area contributed by atoms with Gasteiger partial charge in [-0.05, 0) is 75.3 Å². The summed E-state index contributed by atoms with van der Waals surface area (Å²) in [5.74, 6) is 3.22. The Morgan fingerprint density at radius 3 is 2.21 bits per heavy atom. The van der Waals surface area contributed by atoms with Crippen molar-refractivity contribution in [2.24, 2.45) is 35.5 Å². The zero-order chi connectivity index (χ0) is 23.0. The average Bonchev–Trinajstić information content (AvgIpc) is 3.09. The van der Waals surface area contributed by atoms with Crippen LogP contribution in [-0.4, -0.2) is 0 Å². The first-order valence-corrected chi connectivity index (χ1v) is 13.4. The summed E-state index contributed by atoms with van der Waals surface area (Å²) in [5, 5.41) is 0. The van der Waals surface area contributed by atoms with Gasteiger partial charge in [0, 0.05) is 21.7 Å². The number of benzene rings is 2. The third-order valence-electron chi connectivity index (χ3n) is 8.99. The smallest absolute Gasteiger partial charge is 0.0178 e. The highest BCUT2D eigenvalue weighted by Crippen LogP contribution is 2.54. The van der Waals surface area contributed by atoms with E-state index in [1.54, 1.807) is 0 Å². The molecule has 0 fully saturated rings. The van der Waals surface area contributed by atoms with E-state index in [9.17, 15) is 0 Å². The lowest BCUT2D eigenvalue weighted by atomic mass is 9.56. The van der Waals surface area contributed by atoms with Gasteiger partial charge in [0.25, 0.3) is 0 Å². The Morgan fingerprint density at radius 2 is 1.35 bits per heavy atom. The first kappa shape index (κ1) is 20.7. The van der Waals surface area contributed by atoms with Crippen molar-refractivity contribution in [2.75, 3.05) is 0 Å². The molecule has 5 aliphatic carbocycles. The third kappa shape index (κ3) is 2.89. The first-order valence-electron chi connectivity index (χ1n) is 12.6. The third-order valence-corrected chi connectivity index (χ3v) is 9.48. The number of rotatable bonds is 1. The summed E-state index contributed by atoms with van der Waals surface area (Å²) in [6.45, 7) is 4.75. The van der Waals surface area contributed by atoms with E-state index in [1.165, 1.54) is 33.4 Å². The molecular weight excluding hydrogens is 476 g/mol. The van der Waals surface area contributed by atoms with Gasteiger partial charge in [-0.15, -0.1) is 0 Å². The lowest BCUT2D eigenvalue weighted by Crippen LogP contribution is -2.40. The highest BCUT2D eigenvalue weighted by Gasteiger charge is 2.45. The van der Waals surface area contributed by atoms with Crippen molar-refractivity contribution in [1.29, 1.82) is 0 Å². The highest BCUT2D eigenvalue weighted by molar-refractivity contribution is 9.10. The molecule has 1 heteroatoms. The standard InChI is InChI=1S/C33H29Br/c1-33(2)30-18-21(13-15-26(30)27-16-14-23(34)19-31(27)33)29-17-22-12-11-20-7-3-4-8-24(20)32(22)28-10-6-5-9-25(28)29/h3-20,22,24-25,28,32H,1-2H3. The molecule has 0 saturated carbocycles. The van der Waals surface area contributed by atoms with Crippen molar-refractivity contribution in [3.8, 4) is 11.1 Å². The molecule has 34 heavy (non-hydrogen) atoms. The van der Waals surface area contributed by atoms with Crippen LogP contribution in [0.15, 0.2) is 108 Å². The average molecular weight is 505 g/mol. The van der Waals surface area contributed by atoms with Crippen molar-refractivity contribution in [3.05, 3.63) is 124 Å². The minimum atomic E-state index is 0.00111. The maximum Gasteiger partial charge on any atom is 0.0178 e. The molecule has 0 heterocycles. The Kier molecular flexibility index (Phi) is 4.52. The Bertz CT molecular complexity index is 1380. The Hall–Kier alpha value is -2.64. The minimum absolute atomic E-state index is 0.00111. The van der Waals surface area contributed by atoms with Crippen molar-refractivity contribution in [2.45, 2.75) is 19.3 Å². The van der Waals surface area contributed by atoms with Gasteiger partial charge < -0.3 is 0 Å². The molecule has 0 nitrogen and oxygen atoms in total. The predicted molar refractivity (Wildman–Crippen MR) is 146 cm³/mol. The Morgan fingerprint density at radius 1 is 0.676 bits per heavy atom. The van der Waals surface area contributed by atoms with Gasteiger partial charge in [-0.25, -0.2) is 0 Å². The summed E-state index contributed by atoms with van der Waals surface area (Å²) in [6, 6.07) is 14.0. The fourth-order valence-corrected chi connectivity index (χ4v) is 7.70. The van der Waals surface area contributed by atoms with Gasteiger partial charge in [0.1, 0.15) is 0 Å². The van der Waals surface area contributed by atoms with Crippen LogP contribution in [-0.2, 0) is 5.41 Å². The van der Waals surface area contributed by atoms with Gasteiger partial charge in [0.15, 0.2) is 0 Å². The van der Waals surface area contributed by atoms with E-state index < -0.39 is 0 Å². The molecule has 0 radical (unpaired) electrons. The molecule has 0 N–H and O–H groups in total. The summed E-state index contributed by atoms with van der Waals surface area (Å²) in [7, 11) is 0. The molecule has 2 aromatic rings. The van der Waals surface area contributed by atoms with Crippen LogP contribution in [0.25, 0.3) is 16.7 Å². The molecule has 0 saturated heterocycles. The van der Waals surface area contributed by atoms with Crippen LogP contribution in [0.3, 0.4) is 0 Å². The molecule has 0 spiro atoms. The number of fused-ring (bicyclic) bond motifs is 8. The number of hydrogen-bond donors (Lipinski definition) is 0. The van der Waals surface area contributed by atoms with Crippen molar-refractivity contribution >= 4 is 21.5 Å². The molecule has 6 atom stereocenters. The van der Waals surface area contributed by atoms with Crippen molar-refractivity contribution in [1.82, 2.24) is 0 Å². The van der Waals surface area contributed by atoms with Crippen LogP contribution in [0.4, 0.5) is 0 Å². The van der Waals surface area contributed by atoms with E-state index in [-0.39, 0.29) is 5.41 Å². The lowest BCUT2D eigenvalue weighted by molar-refractivity contribution is 0.195. The van der Waals surface area contributed by atoms with Gasteiger partial charge in [0.05, 0.1) is 0 Å². The van der Waals surface area contributed by atoms with E-state index in [1.807, 2.05) is 0 Å². The molecule has 0 aromatic heterocycles. The summed E-state index contributed by atoms with van der Waals surface area (Å²) < 4.78 is 1.16. The molecule has 168 valence electrons. The van der Waals surface area contributed by atoms with Crippen molar-refractivity contribution < 1.29 is 0 Å². The zero-order valence-corrected chi connectivity index (χ0v) is 21.2. The van der Waals surface area contributed by atoms with Crippen molar-refractivity contribution in [3.63, 3.8) is 0 Å². The summed E-state index contributed by atoms with van der Waals surface area (Å²) in [4.78, 5) is 0. The predicted octanol–water partition coefficient (Wildman–Crippen LogP) is 8.67. The normalized spacial score (nSPS) is 33.0. The molecule has 0 aliphatic heterocycles. The molecule has 2 aromatic carbocycles. The zero-order valence-electron chi connectivity index (χ0n) is 19.7. The number of allylic oxidation sites excluding steroid dienone is 12.